The number of aryl methyl sites for hydroxylation is 1. The average Bonchev–Trinajstić information content (AvgIpc) is 2.65. The lowest BCUT2D eigenvalue weighted by Gasteiger charge is -2.17. The van der Waals surface area contributed by atoms with Crippen LogP contribution in [0.1, 0.15) is 11.1 Å². The number of rotatable bonds is 6. The Morgan fingerprint density at radius 1 is 1.14 bits per heavy atom. The van der Waals surface area contributed by atoms with E-state index in [2.05, 4.69) is 15.0 Å². The number of alkyl halides is 3. The van der Waals surface area contributed by atoms with Crippen LogP contribution in [0.3, 0.4) is 0 Å². The van der Waals surface area contributed by atoms with Crippen molar-refractivity contribution in [3.05, 3.63) is 76.2 Å². The highest BCUT2D eigenvalue weighted by molar-refractivity contribution is 5.60. The lowest BCUT2D eigenvalue weighted by atomic mass is 10.2. The van der Waals surface area contributed by atoms with Gasteiger partial charge >= 0.3 is 11.9 Å². The van der Waals surface area contributed by atoms with Gasteiger partial charge in [0.25, 0.3) is 0 Å². The van der Waals surface area contributed by atoms with Crippen LogP contribution in [0.5, 0.6) is 11.5 Å². The third kappa shape index (κ3) is 5.28. The number of hydrogen-bond acceptors (Lipinski definition) is 5. The molecule has 0 aliphatic rings. The maximum atomic E-state index is 12.4. The van der Waals surface area contributed by atoms with Gasteiger partial charge in [0.15, 0.2) is 0 Å². The van der Waals surface area contributed by atoms with Crippen molar-refractivity contribution in [3.63, 3.8) is 0 Å². The molecule has 9 heteroatoms. The molecule has 0 saturated heterocycles. The molecule has 6 nitrogen and oxygen atoms in total. The lowest BCUT2D eigenvalue weighted by Crippen LogP contribution is -2.19. The van der Waals surface area contributed by atoms with Crippen LogP contribution >= 0.6 is 0 Å². The van der Waals surface area contributed by atoms with Crippen LogP contribution in [0.25, 0.3) is 0 Å². The first-order valence-corrected chi connectivity index (χ1v) is 8.58. The fraction of sp³-hybridized carbons (Fsp3) is 0.200. The Labute approximate surface area is 164 Å². The molecule has 0 aliphatic heterocycles. The van der Waals surface area contributed by atoms with E-state index in [-0.39, 0.29) is 17.4 Å². The second-order valence-corrected chi connectivity index (χ2v) is 6.20. The molecule has 0 unspecified atom stereocenters. The van der Waals surface area contributed by atoms with E-state index < -0.39 is 11.9 Å². The molecule has 0 saturated carbocycles. The first-order valence-electron chi connectivity index (χ1n) is 8.58. The highest BCUT2D eigenvalue weighted by Gasteiger charge is 2.31. The molecule has 152 valence electrons. The molecule has 0 fully saturated rings. The van der Waals surface area contributed by atoms with Crippen LogP contribution in [-0.4, -0.2) is 23.0 Å². The number of halogens is 3. The summed E-state index contributed by atoms with van der Waals surface area (Å²) >= 11 is 0. The van der Waals surface area contributed by atoms with Crippen LogP contribution < -0.4 is 20.3 Å². The standard InChI is InChI=1S/C20H18F3N3O3/c1-13-10-15(29-20(21,22)23)8-9-16(13)24-19-25-18(27)17(28-2)12-26(19)11-14-6-4-3-5-7-14/h3-10,12H,11H2,1-2H3,(H,24,25,27). The van der Waals surface area contributed by atoms with Gasteiger partial charge in [-0.1, -0.05) is 30.3 Å². The predicted molar refractivity (Wildman–Crippen MR) is 102 cm³/mol. The van der Waals surface area contributed by atoms with Crippen molar-refractivity contribution in [2.24, 2.45) is 0 Å². The first kappa shape index (κ1) is 20.2. The van der Waals surface area contributed by atoms with Crippen LogP contribution in [0, 0.1) is 6.92 Å². The third-order valence-corrected chi connectivity index (χ3v) is 4.06. The van der Waals surface area contributed by atoms with Gasteiger partial charge in [0, 0.05) is 5.69 Å². The number of ether oxygens (including phenoxy) is 2. The van der Waals surface area contributed by atoms with Gasteiger partial charge in [-0.3, -0.25) is 4.79 Å². The average molecular weight is 405 g/mol. The summed E-state index contributed by atoms with van der Waals surface area (Å²) in [7, 11) is 1.38. The van der Waals surface area contributed by atoms with Gasteiger partial charge in [0.2, 0.25) is 11.7 Å². The van der Waals surface area contributed by atoms with Crippen LogP contribution in [0.4, 0.5) is 24.8 Å². The van der Waals surface area contributed by atoms with Crippen molar-refractivity contribution in [1.82, 2.24) is 9.55 Å². The molecule has 0 amide bonds. The third-order valence-electron chi connectivity index (χ3n) is 4.06. The fourth-order valence-corrected chi connectivity index (χ4v) is 2.71. The van der Waals surface area contributed by atoms with Crippen LogP contribution in [0.15, 0.2) is 59.5 Å². The molecule has 2 aromatic carbocycles. The van der Waals surface area contributed by atoms with Gasteiger partial charge < -0.3 is 19.4 Å². The summed E-state index contributed by atoms with van der Waals surface area (Å²) in [6, 6.07) is 13.4. The van der Waals surface area contributed by atoms with Crippen molar-refractivity contribution in [1.29, 1.82) is 0 Å². The second kappa shape index (κ2) is 8.26. The highest BCUT2D eigenvalue weighted by atomic mass is 19.4. The summed E-state index contributed by atoms with van der Waals surface area (Å²) < 4.78 is 47.9. The van der Waals surface area contributed by atoms with E-state index in [1.54, 1.807) is 11.5 Å². The minimum atomic E-state index is -4.77. The second-order valence-electron chi connectivity index (χ2n) is 6.20. The molecule has 0 spiro atoms. The van der Waals surface area contributed by atoms with Crippen LogP contribution in [-0.2, 0) is 6.54 Å². The number of aromatic nitrogens is 2. The summed E-state index contributed by atoms with van der Waals surface area (Å²) in [5.41, 5.74) is 1.38. The summed E-state index contributed by atoms with van der Waals surface area (Å²) in [6.07, 6.45) is -3.24. The number of anilines is 2. The molecule has 1 aromatic heterocycles. The SMILES string of the molecule is COc1cn(Cc2ccccc2)c(Nc2ccc(OC(F)(F)F)cc2C)nc1=O. The largest absolute Gasteiger partial charge is 0.573 e. The number of benzene rings is 2. The highest BCUT2D eigenvalue weighted by Crippen LogP contribution is 2.28. The molecule has 1 heterocycles. The maximum Gasteiger partial charge on any atom is 0.573 e. The van der Waals surface area contributed by atoms with E-state index in [4.69, 9.17) is 4.74 Å². The molecule has 0 radical (unpaired) electrons. The molecule has 3 aromatic rings. The van der Waals surface area contributed by atoms with Crippen molar-refractivity contribution in [3.8, 4) is 11.5 Å². The predicted octanol–water partition coefficient (Wildman–Crippen LogP) is 4.25. The number of methoxy groups -OCH3 is 1. The van der Waals surface area contributed by atoms with Gasteiger partial charge in [0.1, 0.15) is 5.75 Å². The van der Waals surface area contributed by atoms with E-state index in [1.165, 1.54) is 31.5 Å². The zero-order chi connectivity index (χ0) is 21.0. The minimum Gasteiger partial charge on any atom is -0.490 e. The zero-order valence-electron chi connectivity index (χ0n) is 15.7. The molecule has 0 atom stereocenters. The van der Waals surface area contributed by atoms with Crippen molar-refractivity contribution in [2.45, 2.75) is 19.8 Å². The number of hydrogen-bond donors (Lipinski definition) is 1. The topological polar surface area (TPSA) is 65.4 Å². The summed E-state index contributed by atoms with van der Waals surface area (Å²) in [4.78, 5) is 16.1. The van der Waals surface area contributed by atoms with Gasteiger partial charge in [0.05, 0.1) is 19.9 Å². The molecule has 0 bridgehead atoms. The van der Waals surface area contributed by atoms with E-state index in [1.807, 2.05) is 30.3 Å². The first-order chi connectivity index (χ1) is 13.7. The summed E-state index contributed by atoms with van der Waals surface area (Å²) in [6.45, 7) is 2.02. The Hall–Kier alpha value is -3.49. The molecule has 29 heavy (non-hydrogen) atoms. The van der Waals surface area contributed by atoms with E-state index in [0.29, 0.717) is 17.8 Å². The van der Waals surface area contributed by atoms with Gasteiger partial charge in [-0.25, -0.2) is 0 Å². The fourth-order valence-electron chi connectivity index (χ4n) is 2.71. The van der Waals surface area contributed by atoms with E-state index in [9.17, 15) is 18.0 Å². The van der Waals surface area contributed by atoms with Gasteiger partial charge in [-0.2, -0.15) is 4.98 Å². The molecule has 1 N–H and O–H groups in total. The normalized spacial score (nSPS) is 11.2. The molecule has 0 aliphatic carbocycles. The number of nitrogens with zero attached hydrogens (tertiary/aromatic N) is 2. The minimum absolute atomic E-state index is 0.0807. The van der Waals surface area contributed by atoms with Gasteiger partial charge in [-0.05, 0) is 36.2 Å². The Morgan fingerprint density at radius 3 is 2.48 bits per heavy atom. The maximum absolute atomic E-state index is 12.4. The number of nitrogens with one attached hydrogen (secondary N) is 1. The van der Waals surface area contributed by atoms with Crippen molar-refractivity contribution >= 4 is 11.6 Å². The zero-order valence-corrected chi connectivity index (χ0v) is 15.7. The lowest BCUT2D eigenvalue weighted by molar-refractivity contribution is -0.274. The molecule has 3 rings (SSSR count). The summed E-state index contributed by atoms with van der Waals surface area (Å²) in [5.74, 6) is -0.0192. The molecular formula is C20H18F3N3O3. The van der Waals surface area contributed by atoms with E-state index >= 15 is 0 Å². The molecular weight excluding hydrogens is 387 g/mol. The van der Waals surface area contributed by atoms with Crippen LogP contribution in [0.2, 0.25) is 0 Å². The monoisotopic (exact) mass is 405 g/mol. The Balaban J connectivity index is 1.93. The van der Waals surface area contributed by atoms with Crippen molar-refractivity contribution < 1.29 is 22.6 Å². The Morgan fingerprint density at radius 2 is 1.86 bits per heavy atom. The Bertz CT molecular complexity index is 1050. The van der Waals surface area contributed by atoms with Crippen molar-refractivity contribution in [2.75, 3.05) is 12.4 Å². The Kier molecular flexibility index (Phi) is 5.76. The summed E-state index contributed by atoms with van der Waals surface area (Å²) in [5, 5.41) is 3.00. The van der Waals surface area contributed by atoms with Gasteiger partial charge in [-0.15, -0.1) is 13.2 Å². The van der Waals surface area contributed by atoms with E-state index in [0.717, 1.165) is 5.56 Å². The quantitative estimate of drug-likeness (QED) is 0.664. The smallest absolute Gasteiger partial charge is 0.490 e.